The van der Waals surface area contributed by atoms with Gasteiger partial charge in [0.2, 0.25) is 0 Å². The predicted octanol–water partition coefficient (Wildman–Crippen LogP) is 2.64. The van der Waals surface area contributed by atoms with Crippen LogP contribution >= 0.6 is 0 Å². The van der Waals surface area contributed by atoms with Crippen LogP contribution in [0.25, 0.3) is 0 Å². The summed E-state index contributed by atoms with van der Waals surface area (Å²) in [6.07, 6.45) is 0. The molecule has 0 aliphatic rings. The van der Waals surface area contributed by atoms with Crippen molar-refractivity contribution in [3.05, 3.63) is 83.9 Å². The third kappa shape index (κ3) is 5.80. The van der Waals surface area contributed by atoms with E-state index in [0.717, 1.165) is 5.69 Å². The third-order valence-electron chi connectivity index (χ3n) is 4.69. The van der Waals surface area contributed by atoms with Crippen LogP contribution in [-0.4, -0.2) is 41.4 Å². The number of benzene rings is 3. The minimum atomic E-state index is -3.99. The standard InChI is InChI=1S/C23H24N4O5S/c1-27(2)18-13-11-16(12-14-18)22(28)24-25-23(29)17-7-6-8-19(15-17)33(30,31)26-20-9-4-5-10-21(20)32-3/h4-15,26H,1-3H3,(H,24,28)(H,25,29). The van der Waals surface area contributed by atoms with E-state index in [1.165, 1.54) is 31.4 Å². The van der Waals surface area contributed by atoms with Crippen molar-refractivity contribution < 1.29 is 22.7 Å². The molecule has 0 atom stereocenters. The highest BCUT2D eigenvalue weighted by atomic mass is 32.2. The Morgan fingerprint density at radius 1 is 0.818 bits per heavy atom. The van der Waals surface area contributed by atoms with Gasteiger partial charge in [0.15, 0.2) is 0 Å². The number of carbonyl (C=O) groups excluding carboxylic acids is 2. The first-order chi connectivity index (χ1) is 15.7. The van der Waals surface area contributed by atoms with Gasteiger partial charge in [-0.3, -0.25) is 25.2 Å². The molecule has 3 rings (SSSR count). The molecule has 10 heteroatoms. The van der Waals surface area contributed by atoms with Gasteiger partial charge in [-0.25, -0.2) is 8.42 Å². The van der Waals surface area contributed by atoms with Gasteiger partial charge in [0.05, 0.1) is 17.7 Å². The van der Waals surface area contributed by atoms with Crippen molar-refractivity contribution in [3.63, 3.8) is 0 Å². The predicted molar refractivity (Wildman–Crippen MR) is 126 cm³/mol. The zero-order chi connectivity index (χ0) is 24.0. The van der Waals surface area contributed by atoms with E-state index < -0.39 is 21.8 Å². The van der Waals surface area contributed by atoms with Crippen molar-refractivity contribution in [2.24, 2.45) is 0 Å². The van der Waals surface area contributed by atoms with Gasteiger partial charge in [0.25, 0.3) is 21.8 Å². The third-order valence-corrected chi connectivity index (χ3v) is 6.06. The maximum Gasteiger partial charge on any atom is 0.269 e. The summed E-state index contributed by atoms with van der Waals surface area (Å²) in [5, 5.41) is 0. The van der Waals surface area contributed by atoms with Crippen molar-refractivity contribution in [1.29, 1.82) is 0 Å². The number of para-hydroxylation sites is 2. The molecule has 3 aromatic carbocycles. The number of amides is 2. The van der Waals surface area contributed by atoms with Gasteiger partial charge in [-0.15, -0.1) is 0 Å². The summed E-state index contributed by atoms with van der Waals surface area (Å²) in [5.74, 6) is -0.811. The largest absolute Gasteiger partial charge is 0.495 e. The average molecular weight is 469 g/mol. The number of sulfonamides is 1. The molecular formula is C23H24N4O5S. The van der Waals surface area contributed by atoms with Crippen molar-refractivity contribution >= 4 is 33.2 Å². The fraction of sp³-hybridized carbons (Fsp3) is 0.130. The van der Waals surface area contributed by atoms with Crippen LogP contribution in [0.4, 0.5) is 11.4 Å². The molecule has 0 radical (unpaired) electrons. The summed E-state index contributed by atoms with van der Waals surface area (Å²) in [6.45, 7) is 0. The first-order valence-electron chi connectivity index (χ1n) is 9.85. The molecule has 0 aliphatic carbocycles. The normalized spacial score (nSPS) is 10.8. The van der Waals surface area contributed by atoms with Crippen LogP contribution < -0.4 is 25.2 Å². The molecule has 0 aliphatic heterocycles. The van der Waals surface area contributed by atoms with Crippen LogP contribution in [0.1, 0.15) is 20.7 Å². The van der Waals surface area contributed by atoms with Crippen LogP contribution in [0, 0.1) is 0 Å². The van der Waals surface area contributed by atoms with Crippen LogP contribution in [0.3, 0.4) is 0 Å². The second kappa shape index (κ2) is 10.0. The molecule has 33 heavy (non-hydrogen) atoms. The molecule has 0 aromatic heterocycles. The van der Waals surface area contributed by atoms with Crippen LogP contribution in [0.5, 0.6) is 5.75 Å². The van der Waals surface area contributed by atoms with Gasteiger partial charge in [-0.1, -0.05) is 18.2 Å². The minimum absolute atomic E-state index is 0.0566. The lowest BCUT2D eigenvalue weighted by molar-refractivity contribution is 0.0846. The number of ether oxygens (including phenoxy) is 1. The van der Waals surface area contributed by atoms with Crippen LogP contribution in [0.2, 0.25) is 0 Å². The molecule has 0 heterocycles. The summed E-state index contributed by atoms with van der Waals surface area (Å²) in [6, 6.07) is 18.8. The number of methoxy groups -OCH3 is 1. The van der Waals surface area contributed by atoms with E-state index in [4.69, 9.17) is 4.74 Å². The van der Waals surface area contributed by atoms with Crippen LogP contribution in [-0.2, 0) is 10.0 Å². The number of anilines is 2. The molecular weight excluding hydrogens is 444 g/mol. The highest BCUT2D eigenvalue weighted by molar-refractivity contribution is 7.92. The lowest BCUT2D eigenvalue weighted by atomic mass is 10.2. The van der Waals surface area contributed by atoms with Crippen molar-refractivity contribution in [1.82, 2.24) is 10.9 Å². The topological polar surface area (TPSA) is 117 Å². The maximum atomic E-state index is 12.8. The fourth-order valence-corrected chi connectivity index (χ4v) is 4.02. The van der Waals surface area contributed by atoms with Gasteiger partial charge in [-0.2, -0.15) is 0 Å². The summed E-state index contributed by atoms with van der Waals surface area (Å²) in [4.78, 5) is 26.6. The average Bonchev–Trinajstić information content (AvgIpc) is 2.82. The zero-order valence-corrected chi connectivity index (χ0v) is 19.1. The number of hydrazine groups is 1. The van der Waals surface area contributed by atoms with Crippen LogP contribution in [0.15, 0.2) is 77.7 Å². The molecule has 3 N–H and O–H groups in total. The molecule has 0 saturated carbocycles. The summed E-state index contributed by atoms with van der Waals surface area (Å²) in [7, 11) is 1.21. The highest BCUT2D eigenvalue weighted by Crippen LogP contribution is 2.26. The van der Waals surface area contributed by atoms with Crippen molar-refractivity contribution in [3.8, 4) is 5.75 Å². The second-order valence-corrected chi connectivity index (χ2v) is 8.87. The molecule has 2 amide bonds. The molecule has 0 saturated heterocycles. The first kappa shape index (κ1) is 23.6. The van der Waals surface area contributed by atoms with E-state index in [0.29, 0.717) is 11.3 Å². The molecule has 172 valence electrons. The minimum Gasteiger partial charge on any atom is -0.495 e. The van der Waals surface area contributed by atoms with E-state index in [-0.39, 0.29) is 16.1 Å². The lowest BCUT2D eigenvalue weighted by Crippen LogP contribution is -2.41. The Morgan fingerprint density at radius 3 is 2.09 bits per heavy atom. The molecule has 3 aromatic rings. The monoisotopic (exact) mass is 468 g/mol. The highest BCUT2D eigenvalue weighted by Gasteiger charge is 2.18. The first-order valence-corrected chi connectivity index (χ1v) is 11.3. The number of nitrogens with one attached hydrogen (secondary N) is 3. The molecule has 0 spiro atoms. The van der Waals surface area contributed by atoms with Gasteiger partial charge in [-0.05, 0) is 54.6 Å². The molecule has 0 fully saturated rings. The van der Waals surface area contributed by atoms with E-state index in [1.807, 2.05) is 19.0 Å². The zero-order valence-electron chi connectivity index (χ0n) is 18.3. The number of hydrogen-bond acceptors (Lipinski definition) is 6. The van der Waals surface area contributed by atoms with E-state index in [2.05, 4.69) is 15.6 Å². The number of rotatable bonds is 7. The Labute approximate surface area is 192 Å². The number of nitrogens with zero attached hydrogens (tertiary/aromatic N) is 1. The lowest BCUT2D eigenvalue weighted by Gasteiger charge is -2.13. The Kier molecular flexibility index (Phi) is 7.19. The fourth-order valence-electron chi connectivity index (χ4n) is 2.91. The van der Waals surface area contributed by atoms with E-state index >= 15 is 0 Å². The SMILES string of the molecule is COc1ccccc1NS(=O)(=O)c1cccc(C(=O)NNC(=O)c2ccc(N(C)C)cc2)c1. The van der Waals surface area contributed by atoms with E-state index in [1.54, 1.807) is 48.5 Å². The summed E-state index contributed by atoms with van der Waals surface area (Å²) in [5.41, 5.74) is 6.23. The van der Waals surface area contributed by atoms with E-state index in [9.17, 15) is 18.0 Å². The second-order valence-electron chi connectivity index (χ2n) is 7.18. The van der Waals surface area contributed by atoms with Gasteiger partial charge < -0.3 is 9.64 Å². The van der Waals surface area contributed by atoms with Crippen molar-refractivity contribution in [2.75, 3.05) is 30.8 Å². The van der Waals surface area contributed by atoms with Gasteiger partial charge >= 0.3 is 0 Å². The Hall–Kier alpha value is -4.05. The molecule has 9 nitrogen and oxygen atoms in total. The number of hydrogen-bond donors (Lipinski definition) is 3. The summed E-state index contributed by atoms with van der Waals surface area (Å²) < 4.78 is 33.2. The van der Waals surface area contributed by atoms with Crippen molar-refractivity contribution in [2.45, 2.75) is 4.90 Å². The Balaban J connectivity index is 1.69. The molecule has 0 bridgehead atoms. The number of carbonyl (C=O) groups is 2. The smallest absolute Gasteiger partial charge is 0.269 e. The van der Waals surface area contributed by atoms with Gasteiger partial charge in [0, 0.05) is 30.9 Å². The molecule has 0 unspecified atom stereocenters. The van der Waals surface area contributed by atoms with Gasteiger partial charge in [0.1, 0.15) is 5.75 Å². The Bertz CT molecular complexity index is 1260. The quantitative estimate of drug-likeness (QED) is 0.459. The Morgan fingerprint density at radius 2 is 1.45 bits per heavy atom. The maximum absolute atomic E-state index is 12.8. The summed E-state index contributed by atoms with van der Waals surface area (Å²) >= 11 is 0.